The van der Waals surface area contributed by atoms with Crippen molar-refractivity contribution in [2.24, 2.45) is 10.8 Å². The number of hydrogen-bond donors (Lipinski definition) is 0. The van der Waals surface area contributed by atoms with E-state index in [2.05, 4.69) is 40.9 Å². The summed E-state index contributed by atoms with van der Waals surface area (Å²) in [5.41, 5.74) is 0.768. The molecule has 0 amide bonds. The highest BCUT2D eigenvalue weighted by Gasteiger charge is 2.32. The van der Waals surface area contributed by atoms with Gasteiger partial charge in [-0.2, -0.15) is 0 Å². The zero-order valence-corrected chi connectivity index (χ0v) is 12.6. The molecule has 4 heteroatoms. The van der Waals surface area contributed by atoms with Gasteiger partial charge in [-0.25, -0.2) is 0 Å². The Hall–Kier alpha value is 1.01. The maximum Gasteiger partial charge on any atom is 0.00330 e. The summed E-state index contributed by atoms with van der Waals surface area (Å²) in [6.45, 7) is 11.7. The van der Waals surface area contributed by atoms with Crippen LogP contribution in [0.25, 0.3) is 0 Å². The molecule has 0 N–H and O–H groups in total. The third-order valence-electron chi connectivity index (χ3n) is 2.74. The van der Waals surface area contributed by atoms with Crippen LogP contribution in [0.15, 0.2) is 0 Å². The molecule has 0 aromatic heterocycles. The zero-order chi connectivity index (χ0) is 10.7. The summed E-state index contributed by atoms with van der Waals surface area (Å²) in [4.78, 5) is 0. The Morgan fingerprint density at radius 3 is 1.92 bits per heavy atom. The molecule has 0 spiro atoms. The van der Waals surface area contributed by atoms with E-state index in [9.17, 15) is 0 Å². The zero-order valence-electron chi connectivity index (χ0n) is 9.34. The van der Waals surface area contributed by atoms with Crippen molar-refractivity contribution in [3.05, 3.63) is 0 Å². The van der Waals surface area contributed by atoms with Gasteiger partial charge in [0.2, 0.25) is 0 Å². The minimum Gasteiger partial charge on any atom is -0.124 e. The Balaban J connectivity index is 4.72. The first-order chi connectivity index (χ1) is 5.70. The van der Waals surface area contributed by atoms with Gasteiger partial charge in [-0.3, -0.25) is 0 Å². The van der Waals surface area contributed by atoms with Crippen molar-refractivity contribution in [1.29, 1.82) is 0 Å². The number of hydrogen-bond acceptors (Lipinski definition) is 1. The van der Waals surface area contributed by atoms with Crippen LogP contribution in [0.1, 0.15) is 34.6 Å². The van der Waals surface area contributed by atoms with Crippen LogP contribution < -0.4 is 0 Å². The van der Waals surface area contributed by atoms with Crippen LogP contribution in [0.3, 0.4) is 0 Å². The molecule has 1 atom stereocenters. The van der Waals surface area contributed by atoms with Crippen LogP contribution >= 0.6 is 0 Å². The highest BCUT2D eigenvalue weighted by molar-refractivity contribution is 8.58. The topological polar surface area (TPSA) is 0 Å². The van der Waals surface area contributed by atoms with Crippen molar-refractivity contribution in [3.8, 4) is 0 Å². The van der Waals surface area contributed by atoms with Crippen LogP contribution in [-0.4, -0.2) is 12.0 Å². The van der Waals surface area contributed by atoms with Gasteiger partial charge < -0.3 is 0 Å². The van der Waals surface area contributed by atoms with E-state index in [1.165, 1.54) is 14.6 Å². The predicted octanol–water partition coefficient (Wildman–Crippen LogP) is 2.76. The lowest BCUT2D eigenvalue weighted by Gasteiger charge is -2.38. The second kappa shape index (κ2) is 5.19. The second-order valence-corrected chi connectivity index (χ2v) is 11.7. The first-order valence-electron chi connectivity index (χ1n) is 4.30. The molecule has 0 aliphatic carbocycles. The third kappa shape index (κ3) is 4.86. The van der Waals surface area contributed by atoms with Crippen molar-refractivity contribution < 1.29 is 0 Å². The van der Waals surface area contributed by atoms with Crippen molar-refractivity contribution >= 4 is 38.4 Å². The summed E-state index contributed by atoms with van der Waals surface area (Å²) in [6, 6.07) is 0. The summed E-state index contributed by atoms with van der Waals surface area (Å²) in [5, 5.41) is 0. The molecular weight excluding hydrogens is 236 g/mol. The normalized spacial score (nSPS) is 15.2. The Labute approximate surface area is 95.5 Å². The van der Waals surface area contributed by atoms with Gasteiger partial charge in [0.15, 0.2) is 0 Å². The molecule has 1 unspecified atom stereocenters. The summed E-state index contributed by atoms with van der Waals surface area (Å²) in [7, 11) is 3.70. The highest BCUT2D eigenvalue weighted by Crippen LogP contribution is 2.38. The van der Waals surface area contributed by atoms with E-state index in [4.69, 9.17) is 11.2 Å². The summed E-state index contributed by atoms with van der Waals surface area (Å²) in [5.74, 6) is 1.25. The van der Waals surface area contributed by atoms with E-state index in [-0.39, 0.29) is 0 Å². The quantitative estimate of drug-likeness (QED) is 0.732. The van der Waals surface area contributed by atoms with Gasteiger partial charge in [0.1, 0.15) is 0 Å². The highest BCUT2D eigenvalue weighted by atomic mass is 33.2. The average Bonchev–Trinajstić information content (AvgIpc) is 1.83. The van der Waals surface area contributed by atoms with Crippen LogP contribution in [0, 0.1) is 10.8 Å². The van der Waals surface area contributed by atoms with E-state index < -0.39 is 0 Å². The summed E-state index contributed by atoms with van der Waals surface area (Å²) < 4.78 is 0. The molecule has 13 heavy (non-hydrogen) atoms. The van der Waals surface area contributed by atoms with Gasteiger partial charge in [-0.15, -0.1) is 9.45 Å². The molecule has 0 aromatic rings. The molecule has 0 saturated carbocycles. The second-order valence-electron chi connectivity index (χ2n) is 4.99. The van der Waals surface area contributed by atoms with E-state index in [1.807, 2.05) is 8.88 Å². The Kier molecular flexibility index (Phi) is 5.60. The maximum absolute atomic E-state index is 4.90. The SMILES string of the molecule is CS(CC(C)(C)C(C)(C)C)=S=S=S. The first-order valence-corrected chi connectivity index (χ1v) is 9.69. The lowest BCUT2D eigenvalue weighted by atomic mass is 9.71. The maximum atomic E-state index is 4.90. The standard InChI is InChI=1S/C9H20S4/c1-8(2,3)9(4,5)7-13(6)12-11-10/h7H2,1-6H3. The molecule has 0 radical (unpaired) electrons. The van der Waals surface area contributed by atoms with Gasteiger partial charge in [0.05, 0.1) is 0 Å². The van der Waals surface area contributed by atoms with Crippen molar-refractivity contribution in [2.45, 2.75) is 34.6 Å². The molecule has 80 valence electrons. The lowest BCUT2D eigenvalue weighted by Crippen LogP contribution is -2.34. The van der Waals surface area contributed by atoms with E-state index in [0.29, 0.717) is 20.3 Å². The van der Waals surface area contributed by atoms with Gasteiger partial charge in [-0.1, -0.05) is 34.6 Å². The third-order valence-corrected chi connectivity index (χ3v) is 9.46. The van der Waals surface area contributed by atoms with Gasteiger partial charge in [-0.05, 0) is 46.0 Å². The van der Waals surface area contributed by atoms with Gasteiger partial charge >= 0.3 is 0 Å². The minimum absolute atomic E-state index is 0.376. The fourth-order valence-electron chi connectivity index (χ4n) is 0.796. The Bertz CT molecular complexity index is 260. The van der Waals surface area contributed by atoms with Crippen LogP contribution in [0.2, 0.25) is 0 Å². The molecular formula is C9H20S4. The van der Waals surface area contributed by atoms with E-state index in [0.717, 1.165) is 0 Å². The number of rotatable bonds is 2. The van der Waals surface area contributed by atoms with Crippen molar-refractivity contribution in [2.75, 3.05) is 12.0 Å². The van der Waals surface area contributed by atoms with Gasteiger partial charge in [0, 0.05) is 5.75 Å². The summed E-state index contributed by atoms with van der Waals surface area (Å²) >= 11 is 4.90. The lowest BCUT2D eigenvalue weighted by molar-refractivity contribution is 0.162. The van der Waals surface area contributed by atoms with E-state index >= 15 is 0 Å². The fraction of sp³-hybridized carbons (Fsp3) is 1.00. The average molecular weight is 257 g/mol. The summed E-state index contributed by atoms with van der Waals surface area (Å²) in [6.07, 6.45) is 2.29. The van der Waals surface area contributed by atoms with E-state index in [1.54, 1.807) is 0 Å². The Morgan fingerprint density at radius 2 is 1.62 bits per heavy atom. The molecule has 0 fully saturated rings. The molecule has 0 aliphatic rings. The first kappa shape index (κ1) is 14.0. The smallest absolute Gasteiger partial charge is 0.00330 e. The van der Waals surface area contributed by atoms with Crippen LogP contribution in [0.5, 0.6) is 0 Å². The molecule has 0 nitrogen and oxygen atoms in total. The molecule has 0 aromatic carbocycles. The fourth-order valence-corrected chi connectivity index (χ4v) is 7.55. The predicted molar refractivity (Wildman–Crippen MR) is 73.5 cm³/mol. The van der Waals surface area contributed by atoms with Crippen LogP contribution in [0.4, 0.5) is 0 Å². The molecule has 0 rings (SSSR count). The van der Waals surface area contributed by atoms with Gasteiger partial charge in [0.25, 0.3) is 0 Å². The molecule has 0 heterocycles. The van der Waals surface area contributed by atoms with Crippen molar-refractivity contribution in [3.63, 3.8) is 0 Å². The minimum atomic E-state index is 0.376. The van der Waals surface area contributed by atoms with Crippen molar-refractivity contribution in [1.82, 2.24) is 0 Å². The monoisotopic (exact) mass is 256 g/mol. The molecule has 0 bridgehead atoms. The largest absolute Gasteiger partial charge is 0.124 e. The molecule has 0 saturated heterocycles. The molecule has 0 aliphatic heterocycles. The Morgan fingerprint density at radius 1 is 1.15 bits per heavy atom. The van der Waals surface area contributed by atoms with Crippen LogP contribution in [-0.2, 0) is 38.4 Å².